The molecular weight excluding hydrogens is 228 g/mol. The van der Waals surface area contributed by atoms with Crippen molar-refractivity contribution in [3.63, 3.8) is 0 Å². The highest BCUT2D eigenvalue weighted by Crippen LogP contribution is 2.05. The monoisotopic (exact) mass is 246 g/mol. The Labute approximate surface area is 106 Å². The first-order valence-corrected chi connectivity index (χ1v) is 6.20. The number of aryl methyl sites for hydroxylation is 1. The number of nitrogens with one attached hydrogen (secondary N) is 1. The Morgan fingerprint density at radius 3 is 2.67 bits per heavy atom. The van der Waals surface area contributed by atoms with E-state index in [2.05, 4.69) is 10.3 Å². The van der Waals surface area contributed by atoms with E-state index in [1.54, 1.807) is 21.5 Å². The lowest BCUT2D eigenvalue weighted by Gasteiger charge is -2.05. The Morgan fingerprint density at radius 2 is 2.00 bits per heavy atom. The highest BCUT2D eigenvalue weighted by atomic mass is 16.1. The van der Waals surface area contributed by atoms with Crippen molar-refractivity contribution in [3.05, 3.63) is 46.8 Å². The Hall–Kier alpha value is -2.04. The van der Waals surface area contributed by atoms with Crippen LogP contribution in [0.2, 0.25) is 0 Å². The van der Waals surface area contributed by atoms with Gasteiger partial charge in [0.05, 0.1) is 12.2 Å². The van der Waals surface area contributed by atoms with Crippen LogP contribution in [0.4, 0.5) is 5.82 Å². The van der Waals surface area contributed by atoms with Crippen LogP contribution in [0, 0.1) is 0 Å². The Bertz CT molecular complexity index is 570. The maximum atomic E-state index is 11.9. The van der Waals surface area contributed by atoms with Crippen LogP contribution < -0.4 is 11.0 Å². The summed E-state index contributed by atoms with van der Waals surface area (Å²) in [4.78, 5) is 16.4. The smallest absolute Gasteiger partial charge is 0.328 e. The third-order valence-corrected chi connectivity index (χ3v) is 2.76. The topological polar surface area (TPSA) is 51.9 Å². The molecule has 0 radical (unpaired) electrons. The lowest BCUT2D eigenvalue weighted by molar-refractivity contribution is 0.662. The van der Waals surface area contributed by atoms with Gasteiger partial charge >= 0.3 is 5.69 Å². The molecule has 0 aliphatic carbocycles. The first kappa shape index (κ1) is 12.4. The van der Waals surface area contributed by atoms with Gasteiger partial charge in [-0.2, -0.15) is 0 Å². The van der Waals surface area contributed by atoms with Gasteiger partial charge in [0.25, 0.3) is 0 Å². The Balaban J connectivity index is 2.20. The lowest BCUT2D eigenvalue weighted by Crippen LogP contribution is -2.24. The molecule has 0 aliphatic rings. The molecular formula is C13H18N4O. The summed E-state index contributed by atoms with van der Waals surface area (Å²) in [5.74, 6) is 0.845. The summed E-state index contributed by atoms with van der Waals surface area (Å²) in [6, 6.07) is 5.80. The summed E-state index contributed by atoms with van der Waals surface area (Å²) in [5, 5.41) is 3.16. The molecule has 2 aromatic heterocycles. The van der Waals surface area contributed by atoms with Crippen LogP contribution in [-0.2, 0) is 13.1 Å². The Morgan fingerprint density at radius 1 is 1.22 bits per heavy atom. The average Bonchev–Trinajstić information content (AvgIpc) is 2.71. The largest absolute Gasteiger partial charge is 0.370 e. The lowest BCUT2D eigenvalue weighted by atomic mass is 10.3. The molecule has 0 spiro atoms. The molecule has 96 valence electrons. The summed E-state index contributed by atoms with van der Waals surface area (Å²) in [7, 11) is 0. The SMILES string of the molecule is CCNc1cccc(Cn2ccn(CC)c2=O)n1. The van der Waals surface area contributed by atoms with Crippen LogP contribution in [0.3, 0.4) is 0 Å². The van der Waals surface area contributed by atoms with Crippen LogP contribution >= 0.6 is 0 Å². The maximum absolute atomic E-state index is 11.9. The first-order chi connectivity index (χ1) is 8.74. The van der Waals surface area contributed by atoms with E-state index in [9.17, 15) is 4.79 Å². The maximum Gasteiger partial charge on any atom is 0.328 e. The Kier molecular flexibility index (Phi) is 3.82. The second kappa shape index (κ2) is 5.53. The van der Waals surface area contributed by atoms with E-state index < -0.39 is 0 Å². The summed E-state index contributed by atoms with van der Waals surface area (Å²) < 4.78 is 3.34. The standard InChI is InChI=1S/C13H18N4O/c1-3-14-12-7-5-6-11(15-12)10-17-9-8-16(4-2)13(17)18/h5-9H,3-4,10H2,1-2H3,(H,14,15). The second-order valence-corrected chi connectivity index (χ2v) is 4.04. The average molecular weight is 246 g/mol. The number of rotatable bonds is 5. The van der Waals surface area contributed by atoms with E-state index in [4.69, 9.17) is 0 Å². The van der Waals surface area contributed by atoms with E-state index in [1.165, 1.54) is 0 Å². The number of anilines is 1. The van der Waals surface area contributed by atoms with Crippen LogP contribution in [0.15, 0.2) is 35.4 Å². The molecule has 2 aromatic rings. The second-order valence-electron chi connectivity index (χ2n) is 4.04. The molecule has 2 rings (SSSR count). The zero-order chi connectivity index (χ0) is 13.0. The van der Waals surface area contributed by atoms with E-state index in [1.807, 2.05) is 32.0 Å². The molecule has 18 heavy (non-hydrogen) atoms. The molecule has 0 unspecified atom stereocenters. The van der Waals surface area contributed by atoms with Crippen LogP contribution in [0.5, 0.6) is 0 Å². The van der Waals surface area contributed by atoms with Crippen molar-refractivity contribution in [2.45, 2.75) is 26.9 Å². The third-order valence-electron chi connectivity index (χ3n) is 2.76. The minimum atomic E-state index is 0.00755. The van der Waals surface area contributed by atoms with Crippen LogP contribution in [-0.4, -0.2) is 20.7 Å². The molecule has 5 nitrogen and oxygen atoms in total. The fourth-order valence-electron chi connectivity index (χ4n) is 1.84. The quantitative estimate of drug-likeness (QED) is 0.870. The molecule has 0 bridgehead atoms. The minimum absolute atomic E-state index is 0.00755. The number of aromatic nitrogens is 3. The highest BCUT2D eigenvalue weighted by Gasteiger charge is 2.03. The molecule has 0 aromatic carbocycles. The highest BCUT2D eigenvalue weighted by molar-refractivity contribution is 5.35. The van der Waals surface area contributed by atoms with Crippen molar-refractivity contribution in [3.8, 4) is 0 Å². The molecule has 0 amide bonds. The summed E-state index contributed by atoms with van der Waals surface area (Å²) >= 11 is 0. The fourth-order valence-corrected chi connectivity index (χ4v) is 1.84. The number of hydrogen-bond donors (Lipinski definition) is 1. The zero-order valence-corrected chi connectivity index (χ0v) is 10.8. The number of nitrogens with zero attached hydrogens (tertiary/aromatic N) is 3. The molecule has 0 aliphatic heterocycles. The molecule has 2 heterocycles. The van der Waals surface area contributed by atoms with Gasteiger partial charge in [0.2, 0.25) is 0 Å². The van der Waals surface area contributed by atoms with Gasteiger partial charge in [0, 0.05) is 25.5 Å². The van der Waals surface area contributed by atoms with E-state index >= 15 is 0 Å². The number of pyridine rings is 1. The molecule has 0 fully saturated rings. The van der Waals surface area contributed by atoms with Gasteiger partial charge in [0.1, 0.15) is 5.82 Å². The predicted octanol–water partition coefficient (Wildman–Crippen LogP) is 1.54. The van der Waals surface area contributed by atoms with Gasteiger partial charge in [0.15, 0.2) is 0 Å². The van der Waals surface area contributed by atoms with Crippen LogP contribution in [0.1, 0.15) is 19.5 Å². The predicted molar refractivity (Wildman–Crippen MR) is 71.9 cm³/mol. The molecule has 1 N–H and O–H groups in total. The minimum Gasteiger partial charge on any atom is -0.370 e. The van der Waals surface area contributed by atoms with Gasteiger partial charge < -0.3 is 5.32 Å². The summed E-state index contributed by atoms with van der Waals surface area (Å²) in [5.41, 5.74) is 0.887. The van der Waals surface area contributed by atoms with Gasteiger partial charge in [-0.3, -0.25) is 9.13 Å². The van der Waals surface area contributed by atoms with Gasteiger partial charge in [-0.1, -0.05) is 6.07 Å². The van der Waals surface area contributed by atoms with Crippen molar-refractivity contribution in [1.82, 2.24) is 14.1 Å². The molecule has 0 saturated heterocycles. The number of imidazole rings is 1. The first-order valence-electron chi connectivity index (χ1n) is 6.20. The molecule has 0 atom stereocenters. The zero-order valence-electron chi connectivity index (χ0n) is 10.8. The van der Waals surface area contributed by atoms with Crippen molar-refractivity contribution < 1.29 is 0 Å². The van der Waals surface area contributed by atoms with Crippen molar-refractivity contribution >= 4 is 5.82 Å². The van der Waals surface area contributed by atoms with Crippen molar-refractivity contribution in [2.75, 3.05) is 11.9 Å². The van der Waals surface area contributed by atoms with Gasteiger partial charge in [-0.15, -0.1) is 0 Å². The number of hydrogen-bond acceptors (Lipinski definition) is 3. The van der Waals surface area contributed by atoms with Crippen molar-refractivity contribution in [2.24, 2.45) is 0 Å². The van der Waals surface area contributed by atoms with Crippen molar-refractivity contribution in [1.29, 1.82) is 0 Å². The summed E-state index contributed by atoms with van der Waals surface area (Å²) in [6.07, 6.45) is 3.60. The third kappa shape index (κ3) is 2.61. The molecule has 5 heteroatoms. The van der Waals surface area contributed by atoms with E-state index in [0.717, 1.165) is 18.1 Å². The normalized spacial score (nSPS) is 10.6. The summed E-state index contributed by atoms with van der Waals surface area (Å²) in [6.45, 7) is 6.01. The van der Waals surface area contributed by atoms with Gasteiger partial charge in [-0.05, 0) is 26.0 Å². The molecule has 0 saturated carbocycles. The van der Waals surface area contributed by atoms with E-state index in [0.29, 0.717) is 13.1 Å². The van der Waals surface area contributed by atoms with E-state index in [-0.39, 0.29) is 5.69 Å². The van der Waals surface area contributed by atoms with Gasteiger partial charge in [-0.25, -0.2) is 9.78 Å². The van der Waals surface area contributed by atoms with Crippen LogP contribution in [0.25, 0.3) is 0 Å². The fraction of sp³-hybridized carbons (Fsp3) is 0.385.